The zero-order valence-corrected chi connectivity index (χ0v) is 6.82. The van der Waals surface area contributed by atoms with E-state index < -0.39 is 17.0 Å². The van der Waals surface area contributed by atoms with Gasteiger partial charge in [0, 0.05) is 0 Å². The van der Waals surface area contributed by atoms with Crippen molar-refractivity contribution in [2.24, 2.45) is 0 Å². The molecular weight excluding hydrogens is 163 g/mol. The second kappa shape index (κ2) is 3.24. The van der Waals surface area contributed by atoms with Crippen LogP contribution in [0.4, 0.5) is 4.39 Å². The highest BCUT2D eigenvalue weighted by Crippen LogP contribution is 2.14. The third kappa shape index (κ3) is 1.94. The van der Waals surface area contributed by atoms with E-state index in [1.807, 2.05) is 0 Å². The zero-order valence-electron chi connectivity index (χ0n) is 6.00. The van der Waals surface area contributed by atoms with Crippen LogP contribution in [0.1, 0.15) is 5.56 Å². The quantitative estimate of drug-likeness (QED) is 0.587. The van der Waals surface area contributed by atoms with Gasteiger partial charge in [0.1, 0.15) is 6.26 Å². The lowest BCUT2D eigenvalue weighted by molar-refractivity contribution is 0.569. The first kappa shape index (κ1) is 8.56. The Bertz CT molecular complexity index is 260. The van der Waals surface area contributed by atoms with Crippen LogP contribution in [-0.2, 0) is 11.2 Å². The summed E-state index contributed by atoms with van der Waals surface area (Å²) in [7, 11) is 0. The predicted octanol–water partition coefficient (Wildman–Crippen LogP) is 1.62. The zero-order chi connectivity index (χ0) is 8.43. The standard InChI is InChI=1S/C8H7FOS/c1-6-3-4-8(11(2)10)7(9)5-6/h1,3-5H,2H3. The molecule has 0 spiro atoms. The van der Waals surface area contributed by atoms with E-state index in [0.717, 1.165) is 6.07 Å². The molecule has 0 heterocycles. The van der Waals surface area contributed by atoms with E-state index in [4.69, 9.17) is 6.92 Å². The van der Waals surface area contributed by atoms with Crippen molar-refractivity contribution < 1.29 is 8.94 Å². The summed E-state index contributed by atoms with van der Waals surface area (Å²) < 4.78 is 23.6. The van der Waals surface area contributed by atoms with Crippen molar-refractivity contribution in [2.75, 3.05) is 6.26 Å². The summed E-state index contributed by atoms with van der Waals surface area (Å²) in [4.78, 5) is 0.194. The lowest BCUT2D eigenvalue weighted by Crippen LogP contribution is -2.00. The summed E-state index contributed by atoms with van der Waals surface area (Å²) in [5.41, 5.74) is 0.344. The van der Waals surface area contributed by atoms with Gasteiger partial charge in [0.15, 0.2) is 10.7 Å². The van der Waals surface area contributed by atoms with E-state index in [1.165, 1.54) is 18.4 Å². The average Bonchev–Trinajstić information content (AvgIpc) is 1.85. The van der Waals surface area contributed by atoms with Crippen LogP contribution in [0.2, 0.25) is 0 Å². The summed E-state index contributed by atoms with van der Waals surface area (Å²) in [5, 5.41) is 0. The molecule has 0 aliphatic heterocycles. The topological polar surface area (TPSA) is 23.1 Å². The molecule has 1 aromatic rings. The first-order chi connectivity index (χ1) is 5.11. The molecule has 1 rings (SSSR count). The van der Waals surface area contributed by atoms with Crippen LogP contribution in [-0.4, -0.2) is 10.8 Å². The SMILES string of the molecule is [CH]c1ccc([S+](C)[O-])c(F)c1. The van der Waals surface area contributed by atoms with E-state index in [-0.39, 0.29) is 4.90 Å². The van der Waals surface area contributed by atoms with Gasteiger partial charge in [-0.25, -0.2) is 4.39 Å². The van der Waals surface area contributed by atoms with Crippen LogP contribution < -0.4 is 0 Å². The minimum absolute atomic E-state index is 0.194. The molecule has 58 valence electrons. The van der Waals surface area contributed by atoms with Crippen molar-refractivity contribution >= 4 is 11.2 Å². The smallest absolute Gasteiger partial charge is 0.188 e. The van der Waals surface area contributed by atoms with Gasteiger partial charge in [-0.2, -0.15) is 0 Å². The summed E-state index contributed by atoms with van der Waals surface area (Å²) in [6, 6.07) is 4.12. The Balaban J connectivity index is 3.09. The van der Waals surface area contributed by atoms with E-state index in [2.05, 4.69) is 0 Å². The van der Waals surface area contributed by atoms with Crippen LogP contribution >= 0.6 is 0 Å². The molecule has 2 radical (unpaired) electrons. The molecule has 0 aliphatic rings. The number of rotatable bonds is 1. The number of hydrogen-bond donors (Lipinski definition) is 0. The largest absolute Gasteiger partial charge is 0.612 e. The van der Waals surface area contributed by atoms with E-state index in [9.17, 15) is 8.94 Å². The maximum absolute atomic E-state index is 12.8. The van der Waals surface area contributed by atoms with Crippen molar-refractivity contribution in [3.8, 4) is 0 Å². The fourth-order valence-electron chi connectivity index (χ4n) is 0.750. The van der Waals surface area contributed by atoms with Crippen molar-refractivity contribution in [3.05, 3.63) is 36.5 Å². The number of benzene rings is 1. The van der Waals surface area contributed by atoms with Crippen LogP contribution in [0.3, 0.4) is 0 Å². The van der Waals surface area contributed by atoms with Crippen LogP contribution in [0.25, 0.3) is 0 Å². The summed E-state index contributed by atoms with van der Waals surface area (Å²) in [5.74, 6) is -0.508. The first-order valence-electron chi connectivity index (χ1n) is 2.99. The second-order valence-electron chi connectivity index (χ2n) is 2.14. The Labute approximate surface area is 68.4 Å². The van der Waals surface area contributed by atoms with Gasteiger partial charge in [-0.1, -0.05) is 6.07 Å². The summed E-state index contributed by atoms with van der Waals surface area (Å²) >= 11 is -1.28. The van der Waals surface area contributed by atoms with Gasteiger partial charge < -0.3 is 4.55 Å². The van der Waals surface area contributed by atoms with Gasteiger partial charge in [0.25, 0.3) is 0 Å². The Hall–Kier alpha value is -0.540. The lowest BCUT2D eigenvalue weighted by Gasteiger charge is -2.04. The molecule has 1 nitrogen and oxygen atoms in total. The van der Waals surface area contributed by atoms with Crippen LogP contribution in [0, 0.1) is 12.7 Å². The van der Waals surface area contributed by atoms with E-state index >= 15 is 0 Å². The maximum atomic E-state index is 12.8. The highest BCUT2D eigenvalue weighted by atomic mass is 32.2. The molecule has 0 aliphatic carbocycles. The van der Waals surface area contributed by atoms with Crippen LogP contribution in [0.15, 0.2) is 23.1 Å². The molecule has 3 heteroatoms. The normalized spacial score (nSPS) is 13.1. The van der Waals surface area contributed by atoms with Gasteiger partial charge in [-0.3, -0.25) is 0 Å². The highest BCUT2D eigenvalue weighted by molar-refractivity contribution is 7.90. The number of hydrogen-bond acceptors (Lipinski definition) is 1. The van der Waals surface area contributed by atoms with Crippen molar-refractivity contribution in [1.82, 2.24) is 0 Å². The van der Waals surface area contributed by atoms with Gasteiger partial charge in [-0.05, 0) is 35.8 Å². The van der Waals surface area contributed by atoms with Gasteiger partial charge in [0.05, 0.1) is 0 Å². The molecule has 1 unspecified atom stereocenters. The molecule has 0 N–H and O–H groups in total. The Kier molecular flexibility index (Phi) is 2.52. The lowest BCUT2D eigenvalue weighted by atomic mass is 10.2. The van der Waals surface area contributed by atoms with Crippen molar-refractivity contribution in [2.45, 2.75) is 4.90 Å². The fourth-order valence-corrected chi connectivity index (χ4v) is 1.34. The second-order valence-corrected chi connectivity index (χ2v) is 3.49. The van der Waals surface area contributed by atoms with Crippen molar-refractivity contribution in [1.29, 1.82) is 0 Å². The maximum Gasteiger partial charge on any atom is 0.188 e. The van der Waals surface area contributed by atoms with E-state index in [0.29, 0.717) is 5.56 Å². The summed E-state index contributed by atoms with van der Waals surface area (Å²) in [6.45, 7) is 5.29. The first-order valence-corrected chi connectivity index (χ1v) is 4.55. The highest BCUT2D eigenvalue weighted by Gasteiger charge is 2.10. The Morgan fingerprint density at radius 1 is 1.55 bits per heavy atom. The molecular formula is C8H7FOS. The molecule has 0 saturated heterocycles. The molecule has 1 aromatic carbocycles. The predicted molar refractivity (Wildman–Crippen MR) is 42.1 cm³/mol. The monoisotopic (exact) mass is 170 g/mol. The Morgan fingerprint density at radius 2 is 2.18 bits per heavy atom. The van der Waals surface area contributed by atoms with Gasteiger partial charge in [-0.15, -0.1) is 0 Å². The third-order valence-corrected chi connectivity index (χ3v) is 2.22. The minimum Gasteiger partial charge on any atom is -0.612 e. The molecule has 0 bridgehead atoms. The molecule has 0 aromatic heterocycles. The average molecular weight is 170 g/mol. The number of halogens is 1. The van der Waals surface area contributed by atoms with Crippen molar-refractivity contribution in [3.63, 3.8) is 0 Å². The molecule has 0 fully saturated rings. The van der Waals surface area contributed by atoms with E-state index in [1.54, 1.807) is 0 Å². The molecule has 0 amide bonds. The molecule has 1 atom stereocenters. The Morgan fingerprint density at radius 3 is 2.64 bits per heavy atom. The molecule has 11 heavy (non-hydrogen) atoms. The summed E-state index contributed by atoms with van der Waals surface area (Å²) in [6.07, 6.45) is 1.43. The fraction of sp³-hybridized carbons (Fsp3) is 0.125. The van der Waals surface area contributed by atoms with Gasteiger partial charge >= 0.3 is 0 Å². The third-order valence-electron chi connectivity index (χ3n) is 1.27. The molecule has 0 saturated carbocycles. The van der Waals surface area contributed by atoms with Gasteiger partial charge in [0.2, 0.25) is 0 Å². The van der Waals surface area contributed by atoms with Crippen LogP contribution in [0.5, 0.6) is 0 Å². The minimum atomic E-state index is -1.28.